The number of aromatic nitrogens is 1. The van der Waals surface area contributed by atoms with Gasteiger partial charge in [-0.1, -0.05) is 0 Å². The summed E-state index contributed by atoms with van der Waals surface area (Å²) in [4.78, 5) is 14.6. The summed E-state index contributed by atoms with van der Waals surface area (Å²) < 4.78 is 5.44. The third kappa shape index (κ3) is 6.30. The molecule has 0 aliphatic carbocycles. The lowest BCUT2D eigenvalue weighted by molar-refractivity contribution is -0.117. The van der Waals surface area contributed by atoms with Gasteiger partial charge >= 0.3 is 0 Å². The second-order valence-electron chi connectivity index (χ2n) is 3.88. The van der Waals surface area contributed by atoms with Crippen LogP contribution in [0, 0.1) is 0 Å². The molecule has 0 bridgehead atoms. The summed E-state index contributed by atoms with van der Waals surface area (Å²) in [7, 11) is 0. The van der Waals surface area contributed by atoms with Crippen LogP contribution in [0.25, 0.3) is 0 Å². The zero-order chi connectivity index (χ0) is 11.6. The number of carbonyl (C=O) groups is 1. The lowest BCUT2D eigenvalue weighted by atomic mass is 10.1. The lowest BCUT2D eigenvalue weighted by Gasteiger charge is -2.03. The summed E-state index contributed by atoms with van der Waals surface area (Å²) in [5.74, 6) is 0.236. The van der Waals surface area contributed by atoms with Gasteiger partial charge in [-0.3, -0.25) is 4.98 Å². The zero-order valence-electron chi connectivity index (χ0n) is 9.82. The molecule has 0 saturated carbocycles. The number of aryl methyl sites for hydroxylation is 1. The Labute approximate surface area is 96.8 Å². The van der Waals surface area contributed by atoms with Gasteiger partial charge in [0.05, 0.1) is 0 Å². The molecule has 16 heavy (non-hydrogen) atoms. The molecule has 0 aliphatic rings. The Balaban J connectivity index is 1.94. The summed E-state index contributed by atoms with van der Waals surface area (Å²) in [6.07, 6.45) is 7.13. The second kappa shape index (κ2) is 7.99. The van der Waals surface area contributed by atoms with Crippen LogP contribution in [0.15, 0.2) is 24.5 Å². The minimum absolute atomic E-state index is 0.236. The number of carbonyl (C=O) groups excluding carboxylic acids is 1. The first-order valence-corrected chi connectivity index (χ1v) is 5.75. The number of hydrogen-bond donors (Lipinski definition) is 0. The third-order valence-electron chi connectivity index (χ3n) is 2.32. The van der Waals surface area contributed by atoms with Crippen LogP contribution in [0.1, 0.15) is 31.7 Å². The molecule has 1 heterocycles. The molecular formula is C13H19NO2. The molecule has 0 aliphatic heterocycles. The van der Waals surface area contributed by atoms with Crippen molar-refractivity contribution in [2.75, 3.05) is 13.2 Å². The highest BCUT2D eigenvalue weighted by molar-refractivity contribution is 5.75. The molecule has 88 valence electrons. The van der Waals surface area contributed by atoms with Crippen LogP contribution in [-0.4, -0.2) is 24.0 Å². The Bertz CT molecular complexity index is 298. The van der Waals surface area contributed by atoms with Gasteiger partial charge < -0.3 is 9.53 Å². The van der Waals surface area contributed by atoms with E-state index >= 15 is 0 Å². The molecule has 0 N–H and O–H groups in total. The van der Waals surface area contributed by atoms with E-state index in [-0.39, 0.29) is 5.78 Å². The summed E-state index contributed by atoms with van der Waals surface area (Å²) in [6, 6.07) is 4.05. The highest BCUT2D eigenvalue weighted by Crippen LogP contribution is 2.01. The van der Waals surface area contributed by atoms with Crippen LogP contribution in [0.2, 0.25) is 0 Å². The zero-order valence-corrected chi connectivity index (χ0v) is 9.82. The van der Waals surface area contributed by atoms with Crippen molar-refractivity contribution in [1.29, 1.82) is 0 Å². The van der Waals surface area contributed by atoms with E-state index in [4.69, 9.17) is 4.74 Å². The van der Waals surface area contributed by atoms with Gasteiger partial charge in [0, 0.05) is 32.0 Å². The van der Waals surface area contributed by atoms with Crippen LogP contribution in [0.4, 0.5) is 0 Å². The van der Waals surface area contributed by atoms with Crippen molar-refractivity contribution in [3.63, 3.8) is 0 Å². The summed E-state index contributed by atoms with van der Waals surface area (Å²) in [6.45, 7) is 3.07. The number of pyridine rings is 1. The number of nitrogens with zero attached hydrogens (tertiary/aromatic N) is 1. The predicted octanol–water partition coefficient (Wildman–Crippen LogP) is 2.40. The molecule has 0 radical (unpaired) electrons. The molecule has 3 nitrogen and oxygen atoms in total. The van der Waals surface area contributed by atoms with Crippen LogP contribution in [0.3, 0.4) is 0 Å². The van der Waals surface area contributed by atoms with E-state index in [1.54, 1.807) is 6.92 Å². The maximum atomic E-state index is 10.7. The highest BCUT2D eigenvalue weighted by atomic mass is 16.5. The highest BCUT2D eigenvalue weighted by Gasteiger charge is 1.95. The minimum Gasteiger partial charge on any atom is -0.381 e. The first-order valence-electron chi connectivity index (χ1n) is 5.75. The SMILES string of the molecule is CC(=O)CCCOCCCc1ccncc1. The van der Waals surface area contributed by atoms with Crippen LogP contribution >= 0.6 is 0 Å². The van der Waals surface area contributed by atoms with Crippen molar-refractivity contribution >= 4 is 5.78 Å². The Hall–Kier alpha value is -1.22. The molecule has 0 fully saturated rings. The number of ketones is 1. The van der Waals surface area contributed by atoms with E-state index in [9.17, 15) is 4.79 Å². The maximum absolute atomic E-state index is 10.7. The van der Waals surface area contributed by atoms with Crippen LogP contribution in [0.5, 0.6) is 0 Å². The van der Waals surface area contributed by atoms with Gasteiger partial charge in [-0.05, 0) is 43.9 Å². The smallest absolute Gasteiger partial charge is 0.129 e. The first-order chi connectivity index (χ1) is 7.79. The normalized spacial score (nSPS) is 10.3. The van der Waals surface area contributed by atoms with Gasteiger partial charge in [0.25, 0.3) is 0 Å². The number of rotatable bonds is 8. The number of Topliss-reactive ketones (excluding diaryl/α,β-unsaturated/α-hetero) is 1. The van der Waals surface area contributed by atoms with Gasteiger partial charge in [0.2, 0.25) is 0 Å². The molecule has 0 amide bonds. The van der Waals surface area contributed by atoms with Crippen molar-refractivity contribution in [3.8, 4) is 0 Å². The molecule has 1 rings (SSSR count). The van der Waals surface area contributed by atoms with Crippen LogP contribution in [-0.2, 0) is 16.0 Å². The predicted molar refractivity (Wildman–Crippen MR) is 63.3 cm³/mol. The van der Waals surface area contributed by atoms with Gasteiger partial charge in [-0.15, -0.1) is 0 Å². The van der Waals surface area contributed by atoms with Gasteiger partial charge in [-0.2, -0.15) is 0 Å². The molecule has 0 saturated heterocycles. The van der Waals surface area contributed by atoms with Gasteiger partial charge in [0.15, 0.2) is 0 Å². The second-order valence-corrected chi connectivity index (χ2v) is 3.88. The Morgan fingerprint density at radius 1 is 1.25 bits per heavy atom. The Morgan fingerprint density at radius 3 is 2.62 bits per heavy atom. The minimum atomic E-state index is 0.236. The molecular weight excluding hydrogens is 202 g/mol. The van der Waals surface area contributed by atoms with E-state index in [0.29, 0.717) is 13.0 Å². The largest absolute Gasteiger partial charge is 0.381 e. The lowest BCUT2D eigenvalue weighted by Crippen LogP contribution is -2.00. The number of ether oxygens (including phenoxy) is 1. The molecule has 0 spiro atoms. The Morgan fingerprint density at radius 2 is 1.94 bits per heavy atom. The van der Waals surface area contributed by atoms with Crippen molar-refractivity contribution in [1.82, 2.24) is 4.98 Å². The number of hydrogen-bond acceptors (Lipinski definition) is 3. The summed E-state index contributed by atoms with van der Waals surface area (Å²) in [5.41, 5.74) is 1.29. The fourth-order valence-electron chi connectivity index (χ4n) is 1.45. The van der Waals surface area contributed by atoms with Crippen molar-refractivity contribution < 1.29 is 9.53 Å². The van der Waals surface area contributed by atoms with Crippen molar-refractivity contribution in [2.45, 2.75) is 32.6 Å². The topological polar surface area (TPSA) is 39.2 Å². The monoisotopic (exact) mass is 221 g/mol. The van der Waals surface area contributed by atoms with Gasteiger partial charge in [0.1, 0.15) is 5.78 Å². The summed E-state index contributed by atoms with van der Waals surface area (Å²) in [5, 5.41) is 0. The fourth-order valence-corrected chi connectivity index (χ4v) is 1.45. The molecule has 0 aromatic carbocycles. The average Bonchev–Trinajstić information content (AvgIpc) is 2.29. The molecule has 1 aromatic rings. The molecule has 0 atom stereocenters. The molecule has 1 aromatic heterocycles. The maximum Gasteiger partial charge on any atom is 0.129 e. The van der Waals surface area contributed by atoms with E-state index < -0.39 is 0 Å². The molecule has 3 heteroatoms. The van der Waals surface area contributed by atoms with Crippen molar-refractivity contribution in [2.24, 2.45) is 0 Å². The van der Waals surface area contributed by atoms with E-state index in [2.05, 4.69) is 4.98 Å². The first kappa shape index (κ1) is 12.8. The fraction of sp³-hybridized carbons (Fsp3) is 0.538. The van der Waals surface area contributed by atoms with E-state index in [0.717, 1.165) is 25.9 Å². The standard InChI is InChI=1S/C13H19NO2/c1-12(15)4-2-10-16-11-3-5-13-6-8-14-9-7-13/h6-9H,2-5,10-11H2,1H3. The summed E-state index contributed by atoms with van der Waals surface area (Å²) >= 11 is 0. The van der Waals surface area contributed by atoms with E-state index in [1.165, 1.54) is 5.56 Å². The van der Waals surface area contributed by atoms with Crippen molar-refractivity contribution in [3.05, 3.63) is 30.1 Å². The van der Waals surface area contributed by atoms with Crippen LogP contribution < -0.4 is 0 Å². The third-order valence-corrected chi connectivity index (χ3v) is 2.32. The average molecular weight is 221 g/mol. The molecule has 0 unspecified atom stereocenters. The Kier molecular flexibility index (Phi) is 6.42. The quantitative estimate of drug-likeness (QED) is 0.633. The van der Waals surface area contributed by atoms with E-state index in [1.807, 2.05) is 24.5 Å². The van der Waals surface area contributed by atoms with Gasteiger partial charge in [-0.25, -0.2) is 0 Å².